The minimum atomic E-state index is -3.96. The van der Waals surface area contributed by atoms with Crippen LogP contribution in [0.3, 0.4) is 0 Å². The van der Waals surface area contributed by atoms with Gasteiger partial charge < -0.3 is 4.57 Å². The smallest absolute Gasteiger partial charge is 0.258 e. The summed E-state index contributed by atoms with van der Waals surface area (Å²) in [7, 11) is -3.96. The fourth-order valence-corrected chi connectivity index (χ4v) is 5.58. The van der Waals surface area contributed by atoms with Gasteiger partial charge in [-0.15, -0.1) is 0 Å². The van der Waals surface area contributed by atoms with Gasteiger partial charge >= 0.3 is 0 Å². The van der Waals surface area contributed by atoms with Crippen LogP contribution in [0, 0.1) is 28.4 Å². The molecule has 1 aliphatic carbocycles. The van der Waals surface area contributed by atoms with Crippen molar-refractivity contribution in [2.45, 2.75) is 57.9 Å². The largest absolute Gasteiger partial charge is 0.347 e. The molecule has 11 heteroatoms. The van der Waals surface area contributed by atoms with Crippen molar-refractivity contribution in [1.82, 2.24) is 14.3 Å². The van der Waals surface area contributed by atoms with E-state index >= 15 is 4.39 Å². The zero-order chi connectivity index (χ0) is 25.7. The number of hydrogen-bond donors (Lipinski definition) is 1. The maximum atomic E-state index is 15.3. The Labute approximate surface area is 200 Å². The van der Waals surface area contributed by atoms with E-state index in [1.165, 1.54) is 12.3 Å². The maximum Gasteiger partial charge on any atom is 0.258 e. The molecule has 3 aromatic rings. The van der Waals surface area contributed by atoms with Crippen molar-refractivity contribution in [3.63, 3.8) is 0 Å². The van der Waals surface area contributed by atoms with Gasteiger partial charge in [-0.3, -0.25) is 4.98 Å². The summed E-state index contributed by atoms with van der Waals surface area (Å²) in [5.74, 6) is -1.62. The van der Waals surface area contributed by atoms with Crippen LogP contribution in [0.1, 0.15) is 50.8 Å². The quantitative estimate of drug-likeness (QED) is 0.440. The Morgan fingerprint density at radius 3 is 2.49 bits per heavy atom. The molecule has 2 aromatic heterocycles. The van der Waals surface area contributed by atoms with Crippen LogP contribution < -0.4 is 4.72 Å². The SMILES string of the molecule is CC(C)(C)Cn1cc([C@H](NS(=O)(=O)C2CC2)C(F)F)c2cc(F)c(-c3ncc(F)cc3C#N)cc21. The van der Waals surface area contributed by atoms with E-state index in [0.29, 0.717) is 24.9 Å². The molecule has 35 heavy (non-hydrogen) atoms. The van der Waals surface area contributed by atoms with E-state index in [2.05, 4.69) is 9.71 Å². The lowest BCUT2D eigenvalue weighted by atomic mass is 9.96. The van der Waals surface area contributed by atoms with Gasteiger partial charge in [0.2, 0.25) is 10.0 Å². The van der Waals surface area contributed by atoms with Gasteiger partial charge in [0.15, 0.2) is 0 Å². The summed E-state index contributed by atoms with van der Waals surface area (Å²) in [6.45, 7) is 6.14. The number of rotatable bonds is 7. The predicted octanol–water partition coefficient (Wildman–Crippen LogP) is 5.29. The number of hydrogen-bond acceptors (Lipinski definition) is 4. The van der Waals surface area contributed by atoms with Gasteiger partial charge in [0.05, 0.1) is 22.7 Å². The van der Waals surface area contributed by atoms with Crippen molar-refractivity contribution >= 4 is 20.9 Å². The van der Waals surface area contributed by atoms with Gasteiger partial charge in [-0.05, 0) is 36.5 Å². The molecule has 0 unspecified atom stereocenters. The van der Waals surface area contributed by atoms with E-state index in [9.17, 15) is 26.9 Å². The van der Waals surface area contributed by atoms with Crippen LogP contribution >= 0.6 is 0 Å². The first kappa shape index (κ1) is 25.1. The lowest BCUT2D eigenvalue weighted by molar-refractivity contribution is 0.109. The zero-order valence-electron chi connectivity index (χ0n) is 19.3. The molecular weight excluding hydrogens is 484 g/mol. The standard InChI is InChI=1S/C24H24F4N4O2S/c1-24(2,3)12-32-11-18(22(23(27)28)31-35(33,34)15-4-5-15)16-7-19(26)17(8-20(16)32)21-13(9-29)6-14(25)10-30-21/h6-8,10-11,15,22-23,31H,4-5,12H2,1-3H3/t22-/m0/s1. The highest BCUT2D eigenvalue weighted by molar-refractivity contribution is 7.90. The molecule has 2 heterocycles. The fourth-order valence-electron chi connectivity index (χ4n) is 4.05. The molecule has 1 saturated carbocycles. The number of fused-ring (bicyclic) bond motifs is 1. The zero-order valence-corrected chi connectivity index (χ0v) is 20.1. The third kappa shape index (κ3) is 5.18. The van der Waals surface area contributed by atoms with Crippen molar-refractivity contribution in [2.75, 3.05) is 0 Å². The molecule has 0 radical (unpaired) electrons. The number of aromatic nitrogens is 2. The molecule has 0 spiro atoms. The second kappa shape index (κ2) is 8.91. The van der Waals surface area contributed by atoms with Crippen molar-refractivity contribution in [3.05, 3.63) is 53.4 Å². The summed E-state index contributed by atoms with van der Waals surface area (Å²) >= 11 is 0. The Morgan fingerprint density at radius 2 is 1.91 bits per heavy atom. The lowest BCUT2D eigenvalue weighted by Gasteiger charge is -2.20. The van der Waals surface area contributed by atoms with E-state index < -0.39 is 39.4 Å². The Hall–Kier alpha value is -2.97. The molecule has 1 fully saturated rings. The van der Waals surface area contributed by atoms with E-state index in [1.807, 2.05) is 20.8 Å². The summed E-state index contributed by atoms with van der Waals surface area (Å²) < 4.78 is 85.9. The number of halogens is 4. The average molecular weight is 509 g/mol. The van der Waals surface area contributed by atoms with E-state index in [4.69, 9.17) is 0 Å². The van der Waals surface area contributed by atoms with Crippen LogP contribution in [-0.2, 0) is 16.6 Å². The molecule has 186 valence electrons. The van der Waals surface area contributed by atoms with Crippen LogP contribution in [-0.4, -0.2) is 29.6 Å². The first-order valence-electron chi connectivity index (χ1n) is 11.0. The molecule has 6 nitrogen and oxygen atoms in total. The number of nitrogens with one attached hydrogen (secondary N) is 1. The van der Waals surface area contributed by atoms with Crippen molar-refractivity contribution < 1.29 is 26.0 Å². The van der Waals surface area contributed by atoms with Gasteiger partial charge in [0.25, 0.3) is 6.43 Å². The highest BCUT2D eigenvalue weighted by Crippen LogP contribution is 2.38. The number of sulfonamides is 1. The topological polar surface area (TPSA) is 87.8 Å². The van der Waals surface area contributed by atoms with Crippen molar-refractivity contribution in [3.8, 4) is 17.3 Å². The third-order valence-electron chi connectivity index (χ3n) is 5.72. The number of benzene rings is 1. The van der Waals surface area contributed by atoms with E-state index in [0.717, 1.165) is 18.3 Å². The first-order valence-corrected chi connectivity index (χ1v) is 12.5. The molecule has 1 N–H and O–H groups in total. The third-order valence-corrected chi connectivity index (χ3v) is 7.65. The predicted molar refractivity (Wildman–Crippen MR) is 123 cm³/mol. The number of pyridine rings is 1. The Bertz CT molecular complexity index is 1430. The van der Waals surface area contributed by atoms with E-state index in [-0.39, 0.29) is 33.2 Å². The molecule has 1 atom stereocenters. The van der Waals surface area contributed by atoms with Crippen LogP contribution in [0.4, 0.5) is 17.6 Å². The van der Waals surface area contributed by atoms with Gasteiger partial charge in [-0.25, -0.2) is 30.7 Å². The lowest BCUT2D eigenvalue weighted by Crippen LogP contribution is -2.35. The molecule has 0 amide bonds. The van der Waals surface area contributed by atoms with Crippen LogP contribution in [0.5, 0.6) is 0 Å². The average Bonchev–Trinajstić information content (AvgIpc) is 3.56. The van der Waals surface area contributed by atoms with Gasteiger partial charge in [0.1, 0.15) is 23.7 Å². The number of nitrogens with zero attached hydrogens (tertiary/aromatic N) is 3. The Kier molecular flexibility index (Phi) is 6.40. The summed E-state index contributed by atoms with van der Waals surface area (Å²) in [4.78, 5) is 3.88. The van der Waals surface area contributed by atoms with Crippen LogP contribution in [0.25, 0.3) is 22.2 Å². The van der Waals surface area contributed by atoms with Gasteiger partial charge in [-0.2, -0.15) is 5.26 Å². The number of alkyl halides is 2. The normalized spacial score (nSPS) is 15.5. The molecule has 4 rings (SSSR count). The minimum Gasteiger partial charge on any atom is -0.347 e. The molecule has 0 bridgehead atoms. The molecule has 1 aromatic carbocycles. The molecular formula is C24H24F4N4O2S. The molecule has 1 aliphatic rings. The Morgan fingerprint density at radius 1 is 1.23 bits per heavy atom. The second-order valence-corrected chi connectivity index (χ2v) is 12.0. The molecule has 0 saturated heterocycles. The van der Waals surface area contributed by atoms with Gasteiger partial charge in [-0.1, -0.05) is 20.8 Å². The van der Waals surface area contributed by atoms with Crippen LogP contribution in [0.2, 0.25) is 0 Å². The first-order chi connectivity index (χ1) is 16.3. The highest BCUT2D eigenvalue weighted by atomic mass is 32.2. The second-order valence-electron chi connectivity index (χ2n) is 9.96. The van der Waals surface area contributed by atoms with Crippen molar-refractivity contribution in [1.29, 1.82) is 5.26 Å². The Balaban J connectivity index is 1.93. The van der Waals surface area contributed by atoms with Crippen LogP contribution in [0.15, 0.2) is 30.6 Å². The monoisotopic (exact) mass is 508 g/mol. The highest BCUT2D eigenvalue weighted by Gasteiger charge is 2.40. The fraction of sp³-hybridized carbons (Fsp3) is 0.417. The van der Waals surface area contributed by atoms with Gasteiger partial charge in [0, 0.05) is 34.8 Å². The minimum absolute atomic E-state index is 0.0542. The summed E-state index contributed by atoms with van der Waals surface area (Å²) in [6, 6.07) is 3.27. The summed E-state index contributed by atoms with van der Waals surface area (Å²) in [5, 5.41) is 8.79. The number of nitriles is 1. The summed E-state index contributed by atoms with van der Waals surface area (Å²) in [5.41, 5.74) is -0.365. The van der Waals surface area contributed by atoms with E-state index in [1.54, 1.807) is 10.6 Å². The van der Waals surface area contributed by atoms with Crippen molar-refractivity contribution in [2.24, 2.45) is 5.41 Å². The summed E-state index contributed by atoms with van der Waals surface area (Å²) in [6.07, 6.45) is -0.000826. The maximum absolute atomic E-state index is 15.3. The molecule has 0 aliphatic heterocycles.